The summed E-state index contributed by atoms with van der Waals surface area (Å²) >= 11 is 1.86. The van der Waals surface area contributed by atoms with E-state index in [4.69, 9.17) is 0 Å². The van der Waals surface area contributed by atoms with Gasteiger partial charge >= 0.3 is 0 Å². The van der Waals surface area contributed by atoms with Gasteiger partial charge in [-0.15, -0.1) is 0 Å². The Morgan fingerprint density at radius 2 is 1.02 bits per heavy atom. The van der Waals surface area contributed by atoms with Crippen LogP contribution in [0.2, 0.25) is 0 Å². The molecule has 0 amide bonds. The summed E-state index contributed by atoms with van der Waals surface area (Å²) in [6.45, 7) is 0. The van der Waals surface area contributed by atoms with E-state index in [1.165, 1.54) is 16.0 Å². The first-order valence-electron chi connectivity index (χ1n) is 16.4. The molecule has 3 nitrogen and oxygen atoms in total. The van der Waals surface area contributed by atoms with E-state index >= 15 is 4.79 Å². The third-order valence-electron chi connectivity index (χ3n) is 10.9. The number of ketones is 2. The molecular weight excluding hydrogens is 607 g/mol. The van der Waals surface area contributed by atoms with Gasteiger partial charge in [-0.1, -0.05) is 163 Å². The van der Waals surface area contributed by atoms with Crippen LogP contribution in [0, 0.1) is 0 Å². The molecule has 4 heteroatoms. The third kappa shape index (κ3) is 3.30. The number of thioether (sulfide) groups is 1. The highest BCUT2D eigenvalue weighted by Gasteiger charge is 2.88. The third-order valence-corrected chi connectivity index (χ3v) is 12.3. The van der Waals surface area contributed by atoms with Crippen LogP contribution in [0.1, 0.15) is 48.5 Å². The van der Waals surface area contributed by atoms with Gasteiger partial charge in [0, 0.05) is 21.6 Å². The highest BCUT2D eigenvalue weighted by molar-refractivity contribution is 8.00. The molecule has 2 aliphatic heterocycles. The molecule has 0 spiro atoms. The van der Waals surface area contributed by atoms with E-state index in [1.807, 2.05) is 78.5 Å². The molecular formula is C44H29NO2S. The molecule has 0 N–H and O–H groups in total. The van der Waals surface area contributed by atoms with Gasteiger partial charge in [-0.2, -0.15) is 0 Å². The molecule has 2 fully saturated rings. The number of carbonyl (C=O) groups is 2. The summed E-state index contributed by atoms with van der Waals surface area (Å²) in [5, 5.41) is -0.102. The Bertz CT molecular complexity index is 2280. The first-order valence-corrected chi connectivity index (χ1v) is 17.3. The monoisotopic (exact) mass is 635 g/mol. The Labute approximate surface area is 283 Å². The van der Waals surface area contributed by atoms with E-state index in [-0.39, 0.29) is 16.9 Å². The van der Waals surface area contributed by atoms with Crippen molar-refractivity contribution in [3.63, 3.8) is 0 Å². The van der Waals surface area contributed by atoms with Crippen molar-refractivity contribution < 1.29 is 9.59 Å². The number of fused-ring (bicyclic) bond motifs is 7. The van der Waals surface area contributed by atoms with Crippen molar-refractivity contribution >= 4 is 34.6 Å². The number of Topliss-reactive ketones (excluding diaryl/α,β-unsaturated/α-hetero) is 1. The fourth-order valence-electron chi connectivity index (χ4n) is 9.25. The van der Waals surface area contributed by atoms with Crippen molar-refractivity contribution in [1.29, 1.82) is 0 Å². The summed E-state index contributed by atoms with van der Waals surface area (Å²) in [6.07, 6.45) is 0. The van der Waals surface area contributed by atoms with Gasteiger partial charge in [0.15, 0.2) is 11.6 Å². The first kappa shape index (κ1) is 27.6. The Hall–Kier alpha value is -5.45. The van der Waals surface area contributed by atoms with Crippen molar-refractivity contribution in [2.24, 2.45) is 0 Å². The molecule has 10 rings (SSSR count). The number of nitrogens with zero attached hydrogens (tertiary/aromatic N) is 1. The predicted molar refractivity (Wildman–Crippen MR) is 192 cm³/mol. The van der Waals surface area contributed by atoms with Crippen molar-refractivity contribution in [2.45, 2.75) is 27.1 Å². The van der Waals surface area contributed by atoms with Gasteiger partial charge in [-0.25, -0.2) is 0 Å². The number of rotatable bonds is 4. The molecule has 4 atom stereocenters. The second kappa shape index (κ2) is 10.0. The van der Waals surface area contributed by atoms with Crippen LogP contribution in [-0.4, -0.2) is 23.0 Å². The number of hydrogen-bond donors (Lipinski definition) is 0. The summed E-state index contributed by atoms with van der Waals surface area (Å²) in [7, 11) is 0. The van der Waals surface area contributed by atoms with E-state index in [2.05, 4.69) is 102 Å². The average molecular weight is 636 g/mol. The Kier molecular flexibility index (Phi) is 5.77. The summed E-state index contributed by atoms with van der Waals surface area (Å²) in [6, 6.07) is 55.3. The van der Waals surface area contributed by atoms with Gasteiger partial charge in [0.1, 0.15) is 6.04 Å². The molecule has 2 aliphatic carbocycles. The lowest BCUT2D eigenvalue weighted by Crippen LogP contribution is -2.47. The zero-order chi connectivity index (χ0) is 32.0. The van der Waals surface area contributed by atoms with Crippen LogP contribution < -0.4 is 4.90 Å². The molecule has 2 heterocycles. The van der Waals surface area contributed by atoms with Crippen LogP contribution in [0.3, 0.4) is 0 Å². The summed E-state index contributed by atoms with van der Waals surface area (Å²) in [4.78, 5) is 33.1. The van der Waals surface area contributed by atoms with Crippen molar-refractivity contribution in [2.75, 3.05) is 4.90 Å². The number of benzene rings is 6. The number of carbonyl (C=O) groups excluding carboxylic acids is 2. The average Bonchev–Trinajstić information content (AvgIpc) is 3.44. The van der Waals surface area contributed by atoms with Crippen molar-refractivity contribution in [1.82, 2.24) is 0 Å². The molecule has 1 saturated heterocycles. The van der Waals surface area contributed by atoms with Crippen LogP contribution in [0.15, 0.2) is 174 Å². The van der Waals surface area contributed by atoms with Crippen molar-refractivity contribution in [3.8, 4) is 0 Å². The lowest BCUT2D eigenvalue weighted by Gasteiger charge is -2.35. The smallest absolute Gasteiger partial charge is 0.194 e. The summed E-state index contributed by atoms with van der Waals surface area (Å²) in [5.74, 6) is 0.142. The molecule has 1 saturated carbocycles. The quantitative estimate of drug-likeness (QED) is 0.181. The van der Waals surface area contributed by atoms with Crippen LogP contribution >= 0.6 is 11.8 Å². The molecule has 48 heavy (non-hydrogen) atoms. The van der Waals surface area contributed by atoms with Crippen LogP contribution in [0.4, 0.5) is 5.69 Å². The molecule has 228 valence electrons. The Morgan fingerprint density at radius 1 is 0.542 bits per heavy atom. The minimum Gasteiger partial charge on any atom is -0.345 e. The maximum atomic E-state index is 15.4. The highest BCUT2D eigenvalue weighted by atomic mass is 32.2. The molecule has 6 aromatic rings. The second-order valence-corrected chi connectivity index (χ2v) is 14.1. The first-order chi connectivity index (χ1) is 23.7. The number of hydrogen-bond acceptors (Lipinski definition) is 4. The highest BCUT2D eigenvalue weighted by Crippen LogP contribution is 2.84. The minimum absolute atomic E-state index is 0.0417. The lowest BCUT2D eigenvalue weighted by atomic mass is 9.76. The molecule has 6 aromatic carbocycles. The van der Waals surface area contributed by atoms with E-state index < -0.39 is 16.9 Å². The number of anilines is 1. The minimum atomic E-state index is -0.732. The van der Waals surface area contributed by atoms with Gasteiger partial charge in [-0.05, 0) is 45.5 Å². The van der Waals surface area contributed by atoms with E-state index in [0.717, 1.165) is 28.0 Å². The largest absolute Gasteiger partial charge is 0.345 e. The van der Waals surface area contributed by atoms with Gasteiger partial charge < -0.3 is 4.90 Å². The fraction of sp³-hybridized carbons (Fsp3) is 0.0909. The Morgan fingerprint density at radius 3 is 1.62 bits per heavy atom. The Balaban J connectivity index is 1.41. The normalized spacial score (nSPS) is 24.3. The van der Waals surface area contributed by atoms with Crippen LogP contribution in [0.25, 0.3) is 5.57 Å². The topological polar surface area (TPSA) is 37.4 Å². The van der Waals surface area contributed by atoms with Gasteiger partial charge in [-0.3, -0.25) is 9.59 Å². The lowest BCUT2D eigenvalue weighted by molar-refractivity contribution is 0.0947. The predicted octanol–water partition coefficient (Wildman–Crippen LogP) is 9.13. The van der Waals surface area contributed by atoms with Gasteiger partial charge in [0.25, 0.3) is 0 Å². The van der Waals surface area contributed by atoms with Gasteiger partial charge in [0.2, 0.25) is 0 Å². The van der Waals surface area contributed by atoms with E-state index in [0.29, 0.717) is 16.7 Å². The molecule has 0 radical (unpaired) electrons. The summed E-state index contributed by atoms with van der Waals surface area (Å²) in [5.41, 5.74) is 8.37. The maximum absolute atomic E-state index is 15.4. The van der Waals surface area contributed by atoms with Gasteiger partial charge in [0.05, 0.1) is 21.9 Å². The molecule has 0 unspecified atom stereocenters. The second-order valence-electron chi connectivity index (χ2n) is 13.0. The standard InChI is InChI=1S/C44H29NO2S/c46-38(28-16-4-1-5-17-28)41-43(29-18-6-2-7-19-29)40(37-31-22-10-12-24-33(31)39(47)34-25-13-11-23-32(34)37)44(43,30-20-8-3-9-21-30)42-45(41)35-26-14-15-27-36(35)48-42/h1-27,41-42H/t41-,42+,43+,44-/m1/s1. The van der Waals surface area contributed by atoms with E-state index in [1.54, 1.807) is 0 Å². The molecule has 0 aromatic heterocycles. The molecule has 0 bridgehead atoms. The fourth-order valence-corrected chi connectivity index (χ4v) is 10.9. The van der Waals surface area contributed by atoms with Crippen LogP contribution in [-0.2, 0) is 10.8 Å². The van der Waals surface area contributed by atoms with Crippen LogP contribution in [0.5, 0.6) is 0 Å². The zero-order valence-corrected chi connectivity index (χ0v) is 26.7. The van der Waals surface area contributed by atoms with Crippen molar-refractivity contribution in [3.05, 3.63) is 208 Å². The maximum Gasteiger partial charge on any atom is 0.194 e. The number of piperidine rings is 1. The molecule has 4 aliphatic rings. The van der Waals surface area contributed by atoms with E-state index in [9.17, 15) is 4.79 Å². The number of para-hydroxylation sites is 1. The zero-order valence-electron chi connectivity index (χ0n) is 25.9. The SMILES string of the molecule is O=C1c2ccccc2C(=C2[C@]3(c4ccccc4)[C@@H]4Sc5ccccc5N4[C@H](C(=O)c4ccccc4)[C@]23c2ccccc2)c2ccccc21. The summed E-state index contributed by atoms with van der Waals surface area (Å²) < 4.78 is 0.